The van der Waals surface area contributed by atoms with Gasteiger partial charge in [-0.15, -0.1) is 0 Å². The molecule has 1 N–H and O–H groups in total. The molecule has 5 rings (SSSR count). The number of carbonyl (C=O) groups is 1. The fourth-order valence-corrected chi connectivity index (χ4v) is 5.22. The van der Waals surface area contributed by atoms with Gasteiger partial charge in [-0.25, -0.2) is 18.7 Å². The van der Waals surface area contributed by atoms with Crippen LogP contribution in [0.15, 0.2) is 67.1 Å². The van der Waals surface area contributed by atoms with E-state index in [2.05, 4.69) is 25.3 Å². The molecule has 4 aromatic rings. The summed E-state index contributed by atoms with van der Waals surface area (Å²) in [5.41, 5.74) is -0.184. The number of aromatic nitrogens is 4. The van der Waals surface area contributed by atoms with Crippen molar-refractivity contribution in [2.75, 3.05) is 5.32 Å². The molecule has 0 atom stereocenters. The Kier molecular flexibility index (Phi) is 8.05. The lowest BCUT2D eigenvalue weighted by Crippen LogP contribution is -2.25. The van der Waals surface area contributed by atoms with Gasteiger partial charge in [-0.3, -0.25) is 14.8 Å². The summed E-state index contributed by atoms with van der Waals surface area (Å²) in [7, 11) is 0. The topological polar surface area (TPSA) is 80.7 Å². The number of carbonyl (C=O) groups excluding carboxylic acids is 1. The Hall–Kier alpha value is -4.28. The quantitative estimate of drug-likeness (QED) is 0.169. The van der Waals surface area contributed by atoms with Crippen molar-refractivity contribution in [1.82, 2.24) is 19.9 Å². The van der Waals surface area contributed by atoms with Crippen LogP contribution in [0.2, 0.25) is 0 Å². The summed E-state index contributed by atoms with van der Waals surface area (Å²) in [4.78, 5) is 30.3. The number of hydrogen-bond acceptors (Lipinski definition) is 6. The third-order valence-electron chi connectivity index (χ3n) is 7.41. The van der Waals surface area contributed by atoms with Crippen LogP contribution in [0.5, 0.6) is 0 Å². The maximum Gasteiger partial charge on any atom is 0.417 e. The van der Waals surface area contributed by atoms with Crippen LogP contribution in [0.1, 0.15) is 65.8 Å². The zero-order chi connectivity index (χ0) is 29.0. The van der Waals surface area contributed by atoms with Crippen LogP contribution < -0.4 is 5.32 Å². The van der Waals surface area contributed by atoms with Crippen LogP contribution in [-0.2, 0) is 18.1 Å². The summed E-state index contributed by atoms with van der Waals surface area (Å²) in [6.45, 7) is -0.111. The Bertz CT molecular complexity index is 1540. The summed E-state index contributed by atoms with van der Waals surface area (Å²) >= 11 is 0. The highest BCUT2D eigenvalue weighted by Crippen LogP contribution is 2.44. The zero-order valence-corrected chi connectivity index (χ0v) is 21.9. The third-order valence-corrected chi connectivity index (χ3v) is 7.41. The number of halogens is 5. The van der Waals surface area contributed by atoms with Crippen molar-refractivity contribution in [1.29, 1.82) is 0 Å². The van der Waals surface area contributed by atoms with Gasteiger partial charge in [0.1, 0.15) is 23.1 Å². The first-order valence-corrected chi connectivity index (χ1v) is 13.2. The molecular formula is C30H26F5N5O. The molecule has 1 aliphatic rings. The van der Waals surface area contributed by atoms with Crippen molar-refractivity contribution in [3.05, 3.63) is 101 Å². The van der Waals surface area contributed by atoms with E-state index >= 15 is 0 Å². The van der Waals surface area contributed by atoms with Gasteiger partial charge in [-0.2, -0.15) is 13.2 Å². The van der Waals surface area contributed by atoms with Gasteiger partial charge in [0.25, 0.3) is 0 Å². The molecule has 1 aliphatic carbocycles. The lowest BCUT2D eigenvalue weighted by Gasteiger charge is -2.28. The van der Waals surface area contributed by atoms with Crippen molar-refractivity contribution in [3.63, 3.8) is 0 Å². The van der Waals surface area contributed by atoms with E-state index in [-0.39, 0.29) is 52.6 Å². The summed E-state index contributed by atoms with van der Waals surface area (Å²) in [5.74, 6) is -1.86. The molecule has 41 heavy (non-hydrogen) atoms. The standard InChI is InChI=1S/C30H26F5N5O/c31-22-7-6-19(23(32)14-22)17-38-27-15-24(39-28(40-27)20-13-21(18-36-16-20)30(33,34)35)25(41)8-11-29(9-2-3-10-29)26-5-1-4-12-37-26/h1,4-7,12-16,18H,2-3,8-11,17H2,(H,38,39,40). The van der Waals surface area contributed by atoms with Gasteiger partial charge in [0, 0.05) is 65.9 Å². The molecule has 6 nitrogen and oxygen atoms in total. The van der Waals surface area contributed by atoms with Crippen molar-refractivity contribution >= 4 is 11.6 Å². The molecular weight excluding hydrogens is 541 g/mol. The van der Waals surface area contributed by atoms with E-state index in [1.54, 1.807) is 6.20 Å². The molecule has 3 heterocycles. The van der Waals surface area contributed by atoms with Crippen LogP contribution in [-0.4, -0.2) is 25.7 Å². The van der Waals surface area contributed by atoms with Crippen molar-refractivity contribution < 1.29 is 26.7 Å². The monoisotopic (exact) mass is 567 g/mol. The van der Waals surface area contributed by atoms with E-state index in [0.29, 0.717) is 12.6 Å². The number of benzene rings is 1. The van der Waals surface area contributed by atoms with E-state index in [1.165, 1.54) is 18.3 Å². The Morgan fingerprint density at radius 2 is 1.78 bits per heavy atom. The van der Waals surface area contributed by atoms with Gasteiger partial charge in [-0.05, 0) is 43.5 Å². The van der Waals surface area contributed by atoms with Gasteiger partial charge in [0.15, 0.2) is 11.6 Å². The predicted molar refractivity (Wildman–Crippen MR) is 142 cm³/mol. The van der Waals surface area contributed by atoms with Gasteiger partial charge in [0.05, 0.1) is 5.56 Å². The smallest absolute Gasteiger partial charge is 0.366 e. The Balaban J connectivity index is 1.45. The molecule has 0 spiro atoms. The minimum absolute atomic E-state index is 0.00339. The number of hydrogen-bond donors (Lipinski definition) is 1. The van der Waals surface area contributed by atoms with Gasteiger partial charge in [0.2, 0.25) is 0 Å². The molecule has 0 radical (unpaired) electrons. The lowest BCUT2D eigenvalue weighted by molar-refractivity contribution is -0.137. The second-order valence-electron chi connectivity index (χ2n) is 10.1. The van der Waals surface area contributed by atoms with Crippen LogP contribution in [0.25, 0.3) is 11.4 Å². The fraction of sp³-hybridized carbons (Fsp3) is 0.300. The number of Topliss-reactive ketones (excluding diaryl/α,β-unsaturated/α-hetero) is 1. The zero-order valence-electron chi connectivity index (χ0n) is 21.9. The molecule has 0 aliphatic heterocycles. The fourth-order valence-electron chi connectivity index (χ4n) is 5.22. The summed E-state index contributed by atoms with van der Waals surface area (Å²) in [5, 5.41) is 2.88. The SMILES string of the molecule is O=C(CCC1(c2ccccn2)CCCC1)c1cc(NCc2ccc(F)cc2F)nc(-c2cncc(C(F)(F)F)c2)n1. The van der Waals surface area contributed by atoms with E-state index in [4.69, 9.17) is 0 Å². The number of pyridine rings is 2. The second kappa shape index (κ2) is 11.7. The average molecular weight is 568 g/mol. The first kappa shape index (κ1) is 28.3. The molecule has 1 fully saturated rings. The number of anilines is 1. The van der Waals surface area contributed by atoms with E-state index in [9.17, 15) is 26.7 Å². The summed E-state index contributed by atoms with van der Waals surface area (Å²) < 4.78 is 67.6. The highest BCUT2D eigenvalue weighted by atomic mass is 19.4. The maximum atomic E-state index is 14.2. The van der Waals surface area contributed by atoms with E-state index < -0.39 is 23.4 Å². The normalized spacial score (nSPS) is 14.7. The van der Waals surface area contributed by atoms with E-state index in [1.807, 2.05) is 18.2 Å². The lowest BCUT2D eigenvalue weighted by atomic mass is 9.77. The second-order valence-corrected chi connectivity index (χ2v) is 10.1. The Morgan fingerprint density at radius 1 is 0.976 bits per heavy atom. The van der Waals surface area contributed by atoms with Gasteiger partial charge in [-0.1, -0.05) is 25.0 Å². The average Bonchev–Trinajstić information content (AvgIpc) is 3.46. The minimum Gasteiger partial charge on any atom is -0.366 e. The van der Waals surface area contributed by atoms with Crippen molar-refractivity contribution in [3.8, 4) is 11.4 Å². The first-order valence-electron chi connectivity index (χ1n) is 13.2. The maximum absolute atomic E-state index is 14.2. The molecule has 3 aromatic heterocycles. The Labute approximate surface area is 233 Å². The number of rotatable bonds is 9. The molecule has 0 saturated heterocycles. The number of alkyl halides is 3. The molecule has 1 saturated carbocycles. The summed E-state index contributed by atoms with van der Waals surface area (Å²) in [6.07, 6.45) is 3.49. The molecule has 212 valence electrons. The van der Waals surface area contributed by atoms with Gasteiger partial charge < -0.3 is 5.32 Å². The van der Waals surface area contributed by atoms with Crippen LogP contribution in [0, 0.1) is 11.6 Å². The number of nitrogens with one attached hydrogen (secondary N) is 1. The minimum atomic E-state index is -4.64. The highest BCUT2D eigenvalue weighted by Gasteiger charge is 2.37. The van der Waals surface area contributed by atoms with Crippen LogP contribution >= 0.6 is 0 Å². The number of nitrogens with zero attached hydrogens (tertiary/aromatic N) is 4. The predicted octanol–water partition coefficient (Wildman–Crippen LogP) is 7.32. The molecule has 11 heteroatoms. The number of ketones is 1. The van der Waals surface area contributed by atoms with E-state index in [0.717, 1.165) is 49.6 Å². The first-order chi connectivity index (χ1) is 19.6. The van der Waals surface area contributed by atoms with Crippen LogP contribution in [0.4, 0.5) is 27.8 Å². The highest BCUT2D eigenvalue weighted by molar-refractivity contribution is 5.95. The molecule has 0 unspecified atom stereocenters. The Morgan fingerprint density at radius 3 is 2.49 bits per heavy atom. The molecule has 0 amide bonds. The third kappa shape index (κ3) is 6.55. The van der Waals surface area contributed by atoms with Crippen LogP contribution in [0.3, 0.4) is 0 Å². The molecule has 1 aromatic carbocycles. The van der Waals surface area contributed by atoms with Crippen molar-refractivity contribution in [2.45, 2.75) is 56.7 Å². The van der Waals surface area contributed by atoms with Crippen molar-refractivity contribution in [2.24, 2.45) is 0 Å². The van der Waals surface area contributed by atoms with Gasteiger partial charge >= 0.3 is 6.18 Å². The molecule has 0 bridgehead atoms. The summed E-state index contributed by atoms with van der Waals surface area (Å²) in [6, 6.07) is 11.1. The largest absolute Gasteiger partial charge is 0.417 e.